The Labute approximate surface area is 170 Å². The fourth-order valence-corrected chi connectivity index (χ4v) is 3.02. The van der Waals surface area contributed by atoms with Gasteiger partial charge in [-0.15, -0.1) is 0 Å². The smallest absolute Gasteiger partial charge is 0.377 e. The molecule has 0 bridgehead atoms. The molecule has 0 aliphatic heterocycles. The van der Waals surface area contributed by atoms with E-state index in [0.717, 1.165) is 10.9 Å². The van der Waals surface area contributed by atoms with Crippen molar-refractivity contribution in [3.8, 4) is 11.5 Å². The summed E-state index contributed by atoms with van der Waals surface area (Å²) < 4.78 is 5.86. The summed E-state index contributed by atoms with van der Waals surface area (Å²) in [5, 5.41) is 12.7. The van der Waals surface area contributed by atoms with Crippen LogP contribution in [0, 0.1) is 0 Å². The maximum Gasteiger partial charge on any atom is 0.377 e. The second kappa shape index (κ2) is 7.92. The first-order valence-electron chi connectivity index (χ1n) is 9.04. The number of aromatic nitrogens is 1. The van der Waals surface area contributed by atoms with E-state index in [1.54, 1.807) is 36.4 Å². The van der Waals surface area contributed by atoms with Gasteiger partial charge in [-0.1, -0.05) is 18.2 Å². The van der Waals surface area contributed by atoms with Crippen LogP contribution in [0.3, 0.4) is 0 Å². The first kappa shape index (κ1) is 18.9. The lowest BCUT2D eigenvalue weighted by Crippen LogP contribution is -2.18. The largest absolute Gasteiger partial charge is 0.475 e. The van der Waals surface area contributed by atoms with Crippen molar-refractivity contribution in [2.24, 2.45) is 0 Å². The van der Waals surface area contributed by atoms with Gasteiger partial charge in [0.1, 0.15) is 11.5 Å². The Bertz CT molecular complexity index is 1260. The van der Waals surface area contributed by atoms with Gasteiger partial charge in [0.15, 0.2) is 0 Å². The molecule has 1 aromatic heterocycles. The van der Waals surface area contributed by atoms with Crippen LogP contribution in [0.5, 0.6) is 11.5 Å². The molecular weight excluding hydrogens is 384 g/mol. The zero-order chi connectivity index (χ0) is 21.1. The number of carboxylic acid groups (broad SMARTS) is 1. The van der Waals surface area contributed by atoms with Crippen LogP contribution in [-0.2, 0) is 4.79 Å². The summed E-state index contributed by atoms with van der Waals surface area (Å²) in [5.74, 6) is -2.31. The highest BCUT2D eigenvalue weighted by atomic mass is 16.5. The molecule has 7 nitrogen and oxygen atoms in total. The van der Waals surface area contributed by atoms with Crippen molar-refractivity contribution in [1.82, 2.24) is 4.98 Å². The number of benzene rings is 3. The van der Waals surface area contributed by atoms with Gasteiger partial charge in [-0.2, -0.15) is 0 Å². The molecule has 30 heavy (non-hydrogen) atoms. The molecule has 0 atom stereocenters. The van der Waals surface area contributed by atoms with Gasteiger partial charge in [0.05, 0.1) is 11.3 Å². The fraction of sp³-hybridized carbons (Fsp3) is 0. The number of carboxylic acids is 1. The Morgan fingerprint density at radius 2 is 1.60 bits per heavy atom. The van der Waals surface area contributed by atoms with Gasteiger partial charge in [-0.05, 0) is 48.5 Å². The number of H-pyrrole nitrogens is 1. The van der Waals surface area contributed by atoms with Gasteiger partial charge in [0, 0.05) is 28.7 Å². The number of nitrogens with one attached hydrogen (secondary N) is 2. The lowest BCUT2D eigenvalue weighted by molar-refractivity contribution is -0.131. The average Bonchev–Trinajstić information content (AvgIpc) is 3.22. The Morgan fingerprint density at radius 3 is 2.37 bits per heavy atom. The molecule has 1 amide bonds. The molecule has 0 aliphatic carbocycles. The van der Waals surface area contributed by atoms with Crippen LogP contribution < -0.4 is 10.1 Å². The molecule has 3 aromatic carbocycles. The molecule has 0 unspecified atom stereocenters. The highest BCUT2D eigenvalue weighted by molar-refractivity contribution is 6.41. The van der Waals surface area contributed by atoms with Crippen LogP contribution in [0.15, 0.2) is 79.0 Å². The van der Waals surface area contributed by atoms with Crippen molar-refractivity contribution >= 4 is 34.3 Å². The number of hydrogen-bond donors (Lipinski definition) is 3. The maximum absolute atomic E-state index is 12.5. The van der Waals surface area contributed by atoms with E-state index in [2.05, 4.69) is 10.3 Å². The van der Waals surface area contributed by atoms with Crippen molar-refractivity contribution in [2.75, 3.05) is 5.32 Å². The van der Waals surface area contributed by atoms with Crippen molar-refractivity contribution < 1.29 is 24.2 Å². The van der Waals surface area contributed by atoms with Crippen molar-refractivity contribution in [1.29, 1.82) is 0 Å². The maximum atomic E-state index is 12.5. The number of fused-ring (bicyclic) bond motifs is 1. The number of rotatable bonds is 6. The van der Waals surface area contributed by atoms with Crippen LogP contribution in [-0.4, -0.2) is 27.8 Å². The number of carbonyl (C=O) groups is 3. The zero-order valence-electron chi connectivity index (χ0n) is 15.6. The van der Waals surface area contributed by atoms with E-state index in [0.29, 0.717) is 17.1 Å². The summed E-state index contributed by atoms with van der Waals surface area (Å²) in [5.41, 5.74) is 1.24. The number of anilines is 1. The average molecular weight is 400 g/mol. The normalized spacial score (nSPS) is 10.5. The Morgan fingerprint density at radius 1 is 0.867 bits per heavy atom. The molecule has 4 rings (SSSR count). The zero-order valence-corrected chi connectivity index (χ0v) is 15.6. The number of hydrogen-bond acceptors (Lipinski definition) is 4. The van der Waals surface area contributed by atoms with Gasteiger partial charge in [-0.3, -0.25) is 9.59 Å². The number of ketones is 1. The Balaban J connectivity index is 1.66. The summed E-state index contributed by atoms with van der Waals surface area (Å²) in [6, 6.07) is 20.0. The van der Waals surface area contributed by atoms with Crippen molar-refractivity contribution in [3.05, 3.63) is 90.1 Å². The summed E-state index contributed by atoms with van der Waals surface area (Å²) >= 11 is 0. The molecule has 4 aromatic rings. The molecule has 0 spiro atoms. The molecule has 148 valence electrons. The van der Waals surface area contributed by atoms with E-state index in [4.69, 9.17) is 9.84 Å². The second-order valence-corrected chi connectivity index (χ2v) is 6.49. The standard InChI is InChI=1S/C23H16N2O5/c26-21(23(28)29)18-8-6-17(30-16-7-9-19-15(12-16)10-11-24-19)13-20(18)25-22(27)14-4-2-1-3-5-14/h1-13,24H,(H,25,27)(H,28,29). The molecule has 7 heteroatoms. The Hall–Kier alpha value is -4.39. The van der Waals surface area contributed by atoms with E-state index in [-0.39, 0.29) is 11.3 Å². The van der Waals surface area contributed by atoms with Gasteiger partial charge >= 0.3 is 5.97 Å². The van der Waals surface area contributed by atoms with Crippen LogP contribution in [0.1, 0.15) is 20.7 Å². The van der Waals surface area contributed by atoms with E-state index in [1.165, 1.54) is 18.2 Å². The third-order valence-corrected chi connectivity index (χ3v) is 4.47. The van der Waals surface area contributed by atoms with E-state index >= 15 is 0 Å². The second-order valence-electron chi connectivity index (χ2n) is 6.49. The molecule has 3 N–H and O–H groups in total. The summed E-state index contributed by atoms with van der Waals surface area (Å²) in [7, 11) is 0. The lowest BCUT2D eigenvalue weighted by Gasteiger charge is -2.12. The first-order chi connectivity index (χ1) is 14.5. The number of ether oxygens (including phenoxy) is 1. The third kappa shape index (κ3) is 3.90. The van der Waals surface area contributed by atoms with Gasteiger partial charge < -0.3 is 20.1 Å². The highest BCUT2D eigenvalue weighted by Crippen LogP contribution is 2.29. The van der Waals surface area contributed by atoms with Gasteiger partial charge in [0.25, 0.3) is 11.7 Å². The summed E-state index contributed by atoms with van der Waals surface area (Å²) in [6.07, 6.45) is 1.82. The molecule has 0 saturated carbocycles. The van der Waals surface area contributed by atoms with E-state index < -0.39 is 17.7 Å². The minimum absolute atomic E-state index is 0.0523. The quantitative estimate of drug-likeness (QED) is 0.327. The van der Waals surface area contributed by atoms with E-state index in [1.807, 2.05) is 24.4 Å². The van der Waals surface area contributed by atoms with Gasteiger partial charge in [-0.25, -0.2) is 4.79 Å². The molecule has 0 radical (unpaired) electrons. The fourth-order valence-electron chi connectivity index (χ4n) is 3.02. The minimum atomic E-state index is -1.61. The SMILES string of the molecule is O=C(O)C(=O)c1ccc(Oc2ccc3[nH]ccc3c2)cc1NC(=O)c1ccccc1. The monoisotopic (exact) mass is 400 g/mol. The number of Topliss-reactive ketones (excluding diaryl/α,β-unsaturated/α-hetero) is 1. The minimum Gasteiger partial charge on any atom is -0.475 e. The van der Waals surface area contributed by atoms with E-state index in [9.17, 15) is 14.4 Å². The third-order valence-electron chi connectivity index (χ3n) is 4.47. The van der Waals surface area contributed by atoms with Crippen LogP contribution in [0.2, 0.25) is 0 Å². The summed E-state index contributed by atoms with van der Waals surface area (Å²) in [4.78, 5) is 38.9. The first-order valence-corrected chi connectivity index (χ1v) is 9.04. The molecule has 1 heterocycles. The predicted molar refractivity (Wildman–Crippen MR) is 111 cm³/mol. The predicted octanol–water partition coefficient (Wildman–Crippen LogP) is 4.48. The number of aromatic amines is 1. The van der Waals surface area contributed by atoms with Crippen molar-refractivity contribution in [3.63, 3.8) is 0 Å². The number of aliphatic carboxylic acids is 1. The van der Waals surface area contributed by atoms with Crippen LogP contribution in [0.25, 0.3) is 10.9 Å². The Kier molecular flexibility index (Phi) is 5.00. The topological polar surface area (TPSA) is 108 Å². The molecule has 0 aliphatic rings. The number of amides is 1. The lowest BCUT2D eigenvalue weighted by atomic mass is 10.1. The van der Waals surface area contributed by atoms with Crippen LogP contribution in [0.4, 0.5) is 5.69 Å². The molecular formula is C23H16N2O5. The molecule has 0 saturated heterocycles. The molecule has 0 fully saturated rings. The van der Waals surface area contributed by atoms with Gasteiger partial charge in [0.2, 0.25) is 0 Å². The van der Waals surface area contributed by atoms with Crippen molar-refractivity contribution in [2.45, 2.75) is 0 Å². The summed E-state index contributed by atoms with van der Waals surface area (Å²) in [6.45, 7) is 0. The highest BCUT2D eigenvalue weighted by Gasteiger charge is 2.21. The number of carbonyl (C=O) groups excluding carboxylic acids is 2. The van der Waals surface area contributed by atoms with Crippen LogP contribution >= 0.6 is 0 Å².